The Labute approximate surface area is 93.0 Å². The Morgan fingerprint density at radius 1 is 1.44 bits per heavy atom. The minimum Gasteiger partial charge on any atom is -0.368 e. The van der Waals surface area contributed by atoms with E-state index in [2.05, 4.69) is 28.4 Å². The number of carbonyl (C=O) groups excluding carboxylic acids is 1. The molecule has 0 radical (unpaired) electrons. The maximum Gasteiger partial charge on any atom is 0.241 e. The van der Waals surface area contributed by atoms with Gasteiger partial charge < -0.3 is 16.0 Å². The maximum atomic E-state index is 11.2. The molecule has 1 amide bonds. The number of nitrogens with two attached hydrogens (primary N) is 1. The summed E-state index contributed by atoms with van der Waals surface area (Å²) < 4.78 is 0. The summed E-state index contributed by atoms with van der Waals surface area (Å²) in [5.41, 5.74) is 5.32. The molecule has 4 nitrogen and oxygen atoms in total. The second-order valence-corrected chi connectivity index (χ2v) is 4.14. The van der Waals surface area contributed by atoms with Gasteiger partial charge in [-0.3, -0.25) is 4.79 Å². The van der Waals surface area contributed by atoms with Gasteiger partial charge in [0.15, 0.2) is 0 Å². The molecule has 2 heterocycles. The zero-order valence-corrected chi connectivity index (χ0v) is 8.81. The van der Waals surface area contributed by atoms with Gasteiger partial charge >= 0.3 is 0 Å². The molecular weight excluding hydrogens is 202 g/mol. The first kappa shape index (κ1) is 9.27. The normalized spacial score (nSPS) is 21.9. The van der Waals surface area contributed by atoms with Crippen molar-refractivity contribution in [3.63, 3.8) is 0 Å². The monoisotopic (exact) mass is 215 g/mol. The number of benzene rings is 1. The molecule has 1 saturated heterocycles. The van der Waals surface area contributed by atoms with E-state index in [1.807, 2.05) is 12.1 Å². The number of rotatable bonds is 1. The van der Waals surface area contributed by atoms with E-state index in [1.54, 1.807) is 0 Å². The van der Waals surface area contributed by atoms with Gasteiger partial charge in [0.05, 0.1) is 0 Å². The predicted molar refractivity (Wildman–Crippen MR) is 61.3 cm³/mol. The van der Waals surface area contributed by atoms with Gasteiger partial charge in [-0.2, -0.15) is 0 Å². The van der Waals surface area contributed by atoms with Gasteiger partial charge in [0.1, 0.15) is 11.9 Å². The van der Waals surface area contributed by atoms with Crippen molar-refractivity contribution in [2.75, 3.05) is 13.1 Å². The van der Waals surface area contributed by atoms with E-state index in [9.17, 15) is 4.79 Å². The van der Waals surface area contributed by atoms with Crippen molar-refractivity contribution in [2.45, 2.75) is 6.04 Å². The summed E-state index contributed by atoms with van der Waals surface area (Å²) in [5, 5.41) is 5.56. The van der Waals surface area contributed by atoms with Crippen LogP contribution in [-0.2, 0) is 4.79 Å². The van der Waals surface area contributed by atoms with Crippen LogP contribution in [0.4, 0.5) is 0 Å². The molecule has 4 heteroatoms. The Morgan fingerprint density at radius 3 is 3.06 bits per heavy atom. The Bertz CT molecular complexity index is 564. The molecule has 82 valence electrons. The van der Waals surface area contributed by atoms with Crippen LogP contribution in [-0.4, -0.2) is 29.9 Å². The number of nitrogens with zero attached hydrogens (tertiary/aromatic N) is 1. The first-order valence-corrected chi connectivity index (χ1v) is 5.36. The van der Waals surface area contributed by atoms with E-state index in [1.165, 1.54) is 5.22 Å². The van der Waals surface area contributed by atoms with Gasteiger partial charge in [-0.25, -0.2) is 0 Å². The molecule has 1 atom stereocenters. The van der Waals surface area contributed by atoms with Crippen molar-refractivity contribution in [1.82, 2.24) is 10.2 Å². The van der Waals surface area contributed by atoms with Crippen LogP contribution in [0.2, 0.25) is 0 Å². The zero-order chi connectivity index (χ0) is 11.1. The number of nitrogens with one attached hydrogen (secondary N) is 1. The lowest BCUT2D eigenvalue weighted by molar-refractivity contribution is -0.119. The molecule has 0 aliphatic carbocycles. The number of hydrogen-bond donors (Lipinski definition) is 2. The molecule has 1 aromatic rings. The molecule has 3 rings (SSSR count). The Morgan fingerprint density at radius 2 is 2.25 bits per heavy atom. The average Bonchev–Trinajstić information content (AvgIpc) is 2.73. The Kier molecular flexibility index (Phi) is 1.89. The van der Waals surface area contributed by atoms with Gasteiger partial charge in [-0.15, -0.1) is 0 Å². The van der Waals surface area contributed by atoms with Crippen LogP contribution in [0.5, 0.6) is 0 Å². The van der Waals surface area contributed by atoms with Gasteiger partial charge in [-0.05, 0) is 5.22 Å². The Balaban J connectivity index is 2.15. The topological polar surface area (TPSA) is 58.4 Å². The third-order valence-electron chi connectivity index (χ3n) is 3.12. The minimum atomic E-state index is -0.292. The van der Waals surface area contributed by atoms with Gasteiger partial charge in [0, 0.05) is 18.3 Å². The Hall–Kier alpha value is -1.97. The summed E-state index contributed by atoms with van der Waals surface area (Å²) >= 11 is 0. The maximum absolute atomic E-state index is 11.2. The molecule has 2 aliphatic rings. The third kappa shape index (κ3) is 1.26. The fraction of sp³-hybridized carbons (Fsp3) is 0.250. The number of amides is 1. The lowest BCUT2D eigenvalue weighted by Crippen LogP contribution is -2.40. The molecule has 1 unspecified atom stereocenters. The SMILES string of the molecule is NC(=O)C1CN2CC=c3ccccc3=C2N1. The van der Waals surface area contributed by atoms with Crippen molar-refractivity contribution in [3.8, 4) is 0 Å². The molecule has 16 heavy (non-hydrogen) atoms. The van der Waals surface area contributed by atoms with Crippen LogP contribution < -0.4 is 21.5 Å². The fourth-order valence-corrected chi connectivity index (χ4v) is 2.29. The second-order valence-electron chi connectivity index (χ2n) is 4.14. The number of fused-ring (bicyclic) bond motifs is 2. The van der Waals surface area contributed by atoms with Gasteiger partial charge in [0.25, 0.3) is 0 Å². The van der Waals surface area contributed by atoms with E-state index < -0.39 is 0 Å². The number of hydrogen-bond acceptors (Lipinski definition) is 3. The molecule has 2 aliphatic heterocycles. The van der Waals surface area contributed by atoms with Crippen LogP contribution in [0.3, 0.4) is 0 Å². The predicted octanol–water partition coefficient (Wildman–Crippen LogP) is -1.69. The van der Waals surface area contributed by atoms with E-state index >= 15 is 0 Å². The highest BCUT2D eigenvalue weighted by Crippen LogP contribution is 2.12. The van der Waals surface area contributed by atoms with Crippen molar-refractivity contribution in [3.05, 3.63) is 34.7 Å². The molecule has 3 N–H and O–H groups in total. The molecular formula is C12H13N3O. The average molecular weight is 215 g/mol. The quantitative estimate of drug-likeness (QED) is 0.587. The van der Waals surface area contributed by atoms with Crippen LogP contribution in [0.15, 0.2) is 24.3 Å². The highest BCUT2D eigenvalue weighted by molar-refractivity contribution is 5.82. The first-order valence-electron chi connectivity index (χ1n) is 5.36. The number of primary amides is 1. The molecule has 0 aromatic heterocycles. The third-order valence-corrected chi connectivity index (χ3v) is 3.12. The lowest BCUT2D eigenvalue weighted by atomic mass is 10.2. The summed E-state index contributed by atoms with van der Waals surface area (Å²) in [5.74, 6) is 0.737. The van der Waals surface area contributed by atoms with E-state index in [-0.39, 0.29) is 11.9 Å². The lowest BCUT2D eigenvalue weighted by Gasteiger charge is -2.19. The molecule has 1 aromatic carbocycles. The van der Waals surface area contributed by atoms with Crippen molar-refractivity contribution >= 4 is 17.8 Å². The van der Waals surface area contributed by atoms with E-state index in [0.29, 0.717) is 6.54 Å². The number of carbonyl (C=O) groups is 1. The van der Waals surface area contributed by atoms with Gasteiger partial charge in [-0.1, -0.05) is 30.3 Å². The molecule has 1 fully saturated rings. The van der Waals surface area contributed by atoms with E-state index in [0.717, 1.165) is 17.6 Å². The van der Waals surface area contributed by atoms with Crippen molar-refractivity contribution in [1.29, 1.82) is 0 Å². The summed E-state index contributed by atoms with van der Waals surface area (Å²) in [4.78, 5) is 13.3. The van der Waals surface area contributed by atoms with Crippen LogP contribution in [0, 0.1) is 0 Å². The summed E-state index contributed by atoms with van der Waals surface area (Å²) in [6, 6.07) is 7.89. The molecule has 0 bridgehead atoms. The summed E-state index contributed by atoms with van der Waals surface area (Å²) in [6.07, 6.45) is 2.17. The summed E-state index contributed by atoms with van der Waals surface area (Å²) in [6.45, 7) is 1.50. The second kappa shape index (κ2) is 3.27. The zero-order valence-electron chi connectivity index (χ0n) is 8.81. The smallest absolute Gasteiger partial charge is 0.241 e. The fourth-order valence-electron chi connectivity index (χ4n) is 2.29. The van der Waals surface area contributed by atoms with Gasteiger partial charge in [0.2, 0.25) is 5.91 Å². The first-order chi connectivity index (χ1) is 7.75. The largest absolute Gasteiger partial charge is 0.368 e. The standard InChI is InChI=1S/C12H13N3O/c13-11(16)10-7-15-6-5-8-3-1-2-4-9(8)12(15)14-10/h1-5,10,14H,6-7H2,(H2,13,16). The summed E-state index contributed by atoms with van der Waals surface area (Å²) in [7, 11) is 0. The van der Waals surface area contributed by atoms with Crippen LogP contribution in [0.1, 0.15) is 0 Å². The highest BCUT2D eigenvalue weighted by Gasteiger charge is 2.30. The van der Waals surface area contributed by atoms with Crippen LogP contribution >= 0.6 is 0 Å². The van der Waals surface area contributed by atoms with Crippen molar-refractivity contribution in [2.24, 2.45) is 5.73 Å². The molecule has 0 spiro atoms. The molecule has 0 saturated carbocycles. The highest BCUT2D eigenvalue weighted by atomic mass is 16.1. The van der Waals surface area contributed by atoms with E-state index in [4.69, 9.17) is 5.73 Å². The van der Waals surface area contributed by atoms with Crippen LogP contribution in [0.25, 0.3) is 11.9 Å². The minimum absolute atomic E-state index is 0.269. The van der Waals surface area contributed by atoms with Crippen molar-refractivity contribution < 1.29 is 4.79 Å².